The average Bonchev–Trinajstić information content (AvgIpc) is 3.12. The van der Waals surface area contributed by atoms with Gasteiger partial charge < -0.3 is 5.73 Å². The Morgan fingerprint density at radius 1 is 0.897 bits per heavy atom. The lowest BCUT2D eigenvalue weighted by Crippen LogP contribution is -2.15. The Hall–Kier alpha value is -4.07. The van der Waals surface area contributed by atoms with Crippen molar-refractivity contribution in [3.05, 3.63) is 82.7 Å². The first-order valence-electron chi connectivity index (χ1n) is 8.73. The van der Waals surface area contributed by atoms with Gasteiger partial charge in [-0.15, -0.1) is 0 Å². The van der Waals surface area contributed by atoms with Crippen molar-refractivity contribution in [2.24, 2.45) is 0 Å². The van der Waals surface area contributed by atoms with Crippen molar-refractivity contribution in [3.63, 3.8) is 0 Å². The van der Waals surface area contributed by atoms with Crippen LogP contribution in [0.1, 0.15) is 0 Å². The van der Waals surface area contributed by atoms with Crippen LogP contribution in [0.3, 0.4) is 0 Å². The van der Waals surface area contributed by atoms with Crippen LogP contribution in [-0.4, -0.2) is 19.6 Å². The summed E-state index contributed by atoms with van der Waals surface area (Å²) in [5.74, 6) is -1.30. The molecule has 0 atom stereocenters. The molecule has 0 saturated carbocycles. The molecule has 3 N–H and O–H groups in total. The summed E-state index contributed by atoms with van der Waals surface area (Å²) in [6.07, 6.45) is 0. The van der Waals surface area contributed by atoms with Crippen molar-refractivity contribution in [1.82, 2.24) is 19.6 Å². The standard InChI is InChI=1S/C21H13F2N5O/c22-13-4-8-15(17(23)10-13)19-26-21-25-18-9-12(11-1-5-14(24)6-2-11)3-7-16(18)20(29)28(21)27-19/h1-10H,24H2,(H,25,26,27). The third kappa shape index (κ3) is 2.82. The van der Waals surface area contributed by atoms with Crippen molar-refractivity contribution >= 4 is 22.4 Å². The molecule has 0 aliphatic heterocycles. The number of benzene rings is 3. The van der Waals surface area contributed by atoms with Crippen LogP contribution in [0.4, 0.5) is 14.5 Å². The second-order valence-electron chi connectivity index (χ2n) is 6.60. The number of hydrogen-bond acceptors (Lipinski definition) is 4. The third-order valence-electron chi connectivity index (χ3n) is 4.71. The van der Waals surface area contributed by atoms with E-state index in [1.165, 1.54) is 6.07 Å². The quantitative estimate of drug-likeness (QED) is 0.450. The van der Waals surface area contributed by atoms with Gasteiger partial charge in [0.2, 0.25) is 0 Å². The minimum absolute atomic E-state index is 0.0444. The highest BCUT2D eigenvalue weighted by Crippen LogP contribution is 2.24. The van der Waals surface area contributed by atoms with Gasteiger partial charge in [0.15, 0.2) is 5.82 Å². The SMILES string of the molecule is Nc1ccc(-c2ccc3c(=O)n4[nH]c(-c5ccc(F)cc5F)nc4nc3c2)cc1. The van der Waals surface area contributed by atoms with Gasteiger partial charge in [0.25, 0.3) is 11.3 Å². The molecule has 0 bridgehead atoms. The molecule has 5 rings (SSSR count). The number of nitrogens with one attached hydrogen (secondary N) is 1. The summed E-state index contributed by atoms with van der Waals surface area (Å²) in [6.45, 7) is 0. The van der Waals surface area contributed by atoms with Crippen LogP contribution in [0.5, 0.6) is 0 Å². The number of anilines is 1. The van der Waals surface area contributed by atoms with Crippen LogP contribution in [0.25, 0.3) is 39.2 Å². The van der Waals surface area contributed by atoms with Crippen molar-refractivity contribution in [2.75, 3.05) is 5.73 Å². The van der Waals surface area contributed by atoms with Crippen LogP contribution >= 0.6 is 0 Å². The molecule has 0 aliphatic carbocycles. The molecule has 3 aromatic carbocycles. The first-order valence-corrected chi connectivity index (χ1v) is 8.73. The van der Waals surface area contributed by atoms with Crippen LogP contribution in [0, 0.1) is 11.6 Å². The molecule has 2 heterocycles. The number of nitrogen functional groups attached to an aromatic ring is 1. The molecule has 0 unspecified atom stereocenters. The van der Waals surface area contributed by atoms with E-state index in [-0.39, 0.29) is 22.7 Å². The Kier molecular flexibility index (Phi) is 3.67. The van der Waals surface area contributed by atoms with Crippen molar-refractivity contribution < 1.29 is 8.78 Å². The summed E-state index contributed by atoms with van der Waals surface area (Å²) in [5, 5.41) is 3.12. The summed E-state index contributed by atoms with van der Waals surface area (Å²) in [6, 6.07) is 15.8. The van der Waals surface area contributed by atoms with Gasteiger partial charge in [0, 0.05) is 11.8 Å². The van der Waals surface area contributed by atoms with E-state index in [1.807, 2.05) is 18.2 Å². The number of nitrogens with two attached hydrogens (primary N) is 1. The predicted octanol–water partition coefficient (Wildman–Crippen LogP) is 3.77. The highest BCUT2D eigenvalue weighted by atomic mass is 19.1. The zero-order valence-electron chi connectivity index (χ0n) is 14.9. The number of rotatable bonds is 2. The van der Waals surface area contributed by atoms with E-state index in [1.54, 1.807) is 24.3 Å². The van der Waals surface area contributed by atoms with E-state index in [4.69, 9.17) is 5.73 Å². The fourth-order valence-corrected chi connectivity index (χ4v) is 3.24. The number of fused-ring (bicyclic) bond motifs is 2. The van der Waals surface area contributed by atoms with E-state index in [0.29, 0.717) is 16.6 Å². The smallest absolute Gasteiger partial charge is 0.281 e. The zero-order chi connectivity index (χ0) is 20.1. The lowest BCUT2D eigenvalue weighted by Gasteiger charge is -2.04. The number of aromatic nitrogens is 4. The Bertz CT molecular complexity index is 1450. The normalized spacial score (nSPS) is 11.4. The molecule has 0 spiro atoms. The Morgan fingerprint density at radius 2 is 1.66 bits per heavy atom. The van der Waals surface area contributed by atoms with E-state index < -0.39 is 11.6 Å². The Labute approximate surface area is 162 Å². The highest BCUT2D eigenvalue weighted by Gasteiger charge is 2.15. The topological polar surface area (TPSA) is 89.1 Å². The second-order valence-corrected chi connectivity index (χ2v) is 6.60. The maximum absolute atomic E-state index is 14.1. The van der Waals surface area contributed by atoms with Gasteiger partial charge in [0.1, 0.15) is 11.6 Å². The minimum Gasteiger partial charge on any atom is -0.399 e. The van der Waals surface area contributed by atoms with Crippen LogP contribution in [-0.2, 0) is 0 Å². The van der Waals surface area contributed by atoms with Crippen LogP contribution in [0.2, 0.25) is 0 Å². The number of H-pyrrole nitrogens is 1. The van der Waals surface area contributed by atoms with Gasteiger partial charge in [0.05, 0.1) is 16.5 Å². The molecular formula is C21H13F2N5O. The van der Waals surface area contributed by atoms with Gasteiger partial charge in [-0.05, 0) is 47.5 Å². The van der Waals surface area contributed by atoms with E-state index in [2.05, 4.69) is 15.1 Å². The number of halogens is 2. The summed E-state index contributed by atoms with van der Waals surface area (Å²) >= 11 is 0. The fraction of sp³-hybridized carbons (Fsp3) is 0. The Balaban J connectivity index is 1.69. The molecule has 0 saturated heterocycles. The molecule has 0 amide bonds. The molecule has 0 aliphatic rings. The molecular weight excluding hydrogens is 376 g/mol. The lowest BCUT2D eigenvalue weighted by atomic mass is 10.0. The fourth-order valence-electron chi connectivity index (χ4n) is 3.24. The molecule has 142 valence electrons. The van der Waals surface area contributed by atoms with Gasteiger partial charge in [-0.3, -0.25) is 9.89 Å². The average molecular weight is 389 g/mol. The minimum atomic E-state index is -0.785. The summed E-state index contributed by atoms with van der Waals surface area (Å²) in [7, 11) is 0. The van der Waals surface area contributed by atoms with Gasteiger partial charge in [-0.1, -0.05) is 18.2 Å². The number of hydrogen-bond donors (Lipinski definition) is 2. The Morgan fingerprint density at radius 3 is 2.41 bits per heavy atom. The summed E-state index contributed by atoms with van der Waals surface area (Å²) < 4.78 is 28.4. The molecule has 0 radical (unpaired) electrons. The largest absolute Gasteiger partial charge is 0.399 e. The first-order chi connectivity index (χ1) is 14.0. The van der Waals surface area contributed by atoms with Crippen molar-refractivity contribution in [2.45, 2.75) is 0 Å². The monoisotopic (exact) mass is 389 g/mol. The maximum Gasteiger partial charge on any atom is 0.281 e. The van der Waals surface area contributed by atoms with Crippen molar-refractivity contribution in [3.8, 4) is 22.5 Å². The maximum atomic E-state index is 14.1. The summed E-state index contributed by atoms with van der Waals surface area (Å²) in [5.41, 5.74) is 8.33. The van der Waals surface area contributed by atoms with Gasteiger partial charge in [-0.25, -0.2) is 13.8 Å². The number of aromatic amines is 1. The van der Waals surface area contributed by atoms with E-state index in [9.17, 15) is 13.6 Å². The third-order valence-corrected chi connectivity index (χ3v) is 4.71. The van der Waals surface area contributed by atoms with Crippen LogP contribution < -0.4 is 11.3 Å². The summed E-state index contributed by atoms with van der Waals surface area (Å²) in [4.78, 5) is 21.5. The molecule has 8 heteroatoms. The van der Waals surface area contributed by atoms with E-state index in [0.717, 1.165) is 27.8 Å². The van der Waals surface area contributed by atoms with E-state index >= 15 is 0 Å². The van der Waals surface area contributed by atoms with Gasteiger partial charge in [-0.2, -0.15) is 9.50 Å². The molecule has 29 heavy (non-hydrogen) atoms. The molecule has 5 aromatic rings. The molecule has 0 fully saturated rings. The second kappa shape index (κ2) is 6.23. The molecule has 2 aromatic heterocycles. The highest BCUT2D eigenvalue weighted by molar-refractivity contribution is 5.85. The van der Waals surface area contributed by atoms with Crippen LogP contribution in [0.15, 0.2) is 65.5 Å². The first kappa shape index (κ1) is 17.1. The molecule has 6 nitrogen and oxygen atoms in total. The van der Waals surface area contributed by atoms with Crippen molar-refractivity contribution in [1.29, 1.82) is 0 Å². The predicted molar refractivity (Wildman–Crippen MR) is 106 cm³/mol. The van der Waals surface area contributed by atoms with Gasteiger partial charge >= 0.3 is 0 Å². The lowest BCUT2D eigenvalue weighted by molar-refractivity contribution is 0.585. The zero-order valence-corrected chi connectivity index (χ0v) is 14.9. The number of nitrogens with zero attached hydrogens (tertiary/aromatic N) is 3.